The van der Waals surface area contributed by atoms with Crippen molar-refractivity contribution in [1.82, 2.24) is 0 Å². The van der Waals surface area contributed by atoms with Gasteiger partial charge in [-0.2, -0.15) is 0 Å². The molecule has 0 saturated heterocycles. The average molecular weight is 175 g/mol. The standard InChI is InChI=1S/C3H5NO.CH2O3.Ca.2H/c1-2-3(4)5;2-1(3)4;;;/h2H,1H2,(H2,4,5);(H2,2,3,4);;;/q;;+2;2*-1. The molecule has 6 heteroatoms. The van der Waals surface area contributed by atoms with Crippen molar-refractivity contribution in [3.05, 3.63) is 12.7 Å². The molecule has 0 radical (unpaired) electrons. The van der Waals surface area contributed by atoms with Crippen molar-refractivity contribution in [2.45, 2.75) is 0 Å². The predicted octanol–water partition coefficient (Wildman–Crippen LogP) is -0.276. The number of carboxylic acid groups (broad SMARTS) is 2. The maximum atomic E-state index is 9.47. The van der Waals surface area contributed by atoms with E-state index in [2.05, 4.69) is 12.3 Å². The molecule has 0 aromatic carbocycles. The molecule has 0 rings (SSSR count). The van der Waals surface area contributed by atoms with E-state index in [1.165, 1.54) is 0 Å². The molecule has 0 aliphatic rings. The van der Waals surface area contributed by atoms with Crippen LogP contribution < -0.4 is 5.73 Å². The zero-order chi connectivity index (χ0) is 7.86. The number of primary amides is 1. The second kappa shape index (κ2) is 11.5. The van der Waals surface area contributed by atoms with Gasteiger partial charge in [0, 0.05) is 0 Å². The first-order valence-electron chi connectivity index (χ1n) is 1.84. The summed E-state index contributed by atoms with van der Waals surface area (Å²) in [5, 5.41) is 13.9. The molecule has 0 fully saturated rings. The van der Waals surface area contributed by atoms with Gasteiger partial charge in [-0.3, -0.25) is 4.79 Å². The van der Waals surface area contributed by atoms with E-state index in [9.17, 15) is 4.79 Å². The predicted molar refractivity (Wildman–Crippen MR) is 38.0 cm³/mol. The van der Waals surface area contributed by atoms with Gasteiger partial charge in [0.05, 0.1) is 0 Å². The number of nitrogens with two attached hydrogens (primary N) is 1. The van der Waals surface area contributed by atoms with Gasteiger partial charge in [-0.05, 0) is 6.08 Å². The molecule has 0 bridgehead atoms. The maximum absolute atomic E-state index is 9.47. The van der Waals surface area contributed by atoms with Gasteiger partial charge in [-0.25, -0.2) is 4.79 Å². The Morgan fingerprint density at radius 2 is 1.60 bits per heavy atom. The van der Waals surface area contributed by atoms with Crippen molar-refractivity contribution < 1.29 is 22.7 Å². The summed E-state index contributed by atoms with van der Waals surface area (Å²) in [6.07, 6.45) is -0.778. The summed E-state index contributed by atoms with van der Waals surface area (Å²) in [6.45, 7) is 3.09. The molecule has 0 aromatic heterocycles. The zero-order valence-electron chi connectivity index (χ0n) is 7.28. The quantitative estimate of drug-likeness (QED) is 0.377. The van der Waals surface area contributed by atoms with Gasteiger partial charge in [-0.15, -0.1) is 0 Å². The third-order valence-corrected chi connectivity index (χ3v) is 0.201. The molecule has 4 N–H and O–H groups in total. The molecule has 1 amide bonds. The number of hydrogen-bond donors (Lipinski definition) is 3. The Morgan fingerprint density at radius 3 is 1.60 bits per heavy atom. The van der Waals surface area contributed by atoms with Gasteiger partial charge in [0.15, 0.2) is 0 Å². The van der Waals surface area contributed by atoms with Crippen LogP contribution >= 0.6 is 0 Å². The van der Waals surface area contributed by atoms with Gasteiger partial charge in [-0.1, -0.05) is 6.58 Å². The molecule has 0 aromatic rings. The molecule has 0 spiro atoms. The summed E-state index contributed by atoms with van der Waals surface area (Å²) < 4.78 is 0. The van der Waals surface area contributed by atoms with Gasteiger partial charge in [0.25, 0.3) is 0 Å². The summed E-state index contributed by atoms with van der Waals surface area (Å²) >= 11 is 0. The Hall–Kier alpha value is -0.260. The van der Waals surface area contributed by atoms with E-state index < -0.39 is 12.1 Å². The second-order valence-corrected chi connectivity index (χ2v) is 0.889. The fourth-order valence-electron chi connectivity index (χ4n) is 0. The average Bonchev–Trinajstić information content (AvgIpc) is 1.65. The minimum atomic E-state index is -1.83. The van der Waals surface area contributed by atoms with Crippen LogP contribution in [0.15, 0.2) is 12.7 Å². The topological polar surface area (TPSA) is 101 Å². The molecule has 56 valence electrons. The van der Waals surface area contributed by atoms with E-state index in [1.54, 1.807) is 0 Å². The Bertz CT molecular complexity index is 128. The van der Waals surface area contributed by atoms with Gasteiger partial charge in [0.1, 0.15) is 0 Å². The van der Waals surface area contributed by atoms with E-state index in [0.29, 0.717) is 0 Å². The van der Waals surface area contributed by atoms with Crippen LogP contribution in [0.1, 0.15) is 2.85 Å². The number of carbonyl (C=O) groups excluding carboxylic acids is 1. The van der Waals surface area contributed by atoms with E-state index in [-0.39, 0.29) is 40.6 Å². The van der Waals surface area contributed by atoms with E-state index in [1.807, 2.05) is 0 Å². The van der Waals surface area contributed by atoms with Crippen LogP contribution in [-0.2, 0) is 4.79 Å². The van der Waals surface area contributed by atoms with Crippen LogP contribution in [0.3, 0.4) is 0 Å². The molecule has 0 aliphatic carbocycles. The molecule has 5 nitrogen and oxygen atoms in total. The summed E-state index contributed by atoms with van der Waals surface area (Å²) in [4.78, 5) is 18.0. The van der Waals surface area contributed by atoms with Crippen molar-refractivity contribution >= 4 is 49.8 Å². The van der Waals surface area contributed by atoms with Crippen LogP contribution in [0.25, 0.3) is 0 Å². The zero-order valence-corrected chi connectivity index (χ0v) is 7.49. The Labute approximate surface area is 90.5 Å². The molecule has 0 atom stereocenters. The molecular weight excluding hydrogens is 166 g/mol. The second-order valence-electron chi connectivity index (χ2n) is 0.889. The normalized spacial score (nSPS) is 5.60. The first-order valence-corrected chi connectivity index (χ1v) is 1.84. The van der Waals surface area contributed by atoms with Crippen molar-refractivity contribution in [1.29, 1.82) is 0 Å². The van der Waals surface area contributed by atoms with Crippen LogP contribution in [0.5, 0.6) is 0 Å². The number of amides is 1. The largest absolute Gasteiger partial charge is 2.00 e. The van der Waals surface area contributed by atoms with Crippen LogP contribution in [0.4, 0.5) is 4.79 Å². The maximum Gasteiger partial charge on any atom is 2.00 e. The number of rotatable bonds is 1. The Balaban J connectivity index is -0.0000000221. The summed E-state index contributed by atoms with van der Waals surface area (Å²) in [5.74, 6) is -0.481. The van der Waals surface area contributed by atoms with Gasteiger partial charge < -0.3 is 18.8 Å². The van der Waals surface area contributed by atoms with Crippen molar-refractivity contribution in [2.24, 2.45) is 5.73 Å². The third kappa shape index (κ3) is 116. The molecule has 0 aliphatic heterocycles. The molecule has 0 unspecified atom stereocenters. The number of carbonyl (C=O) groups is 2. The van der Waals surface area contributed by atoms with E-state index >= 15 is 0 Å². The SMILES string of the molecule is C=CC(N)=O.O=C(O)O.[Ca+2].[H-].[H-]. The fourth-order valence-corrected chi connectivity index (χ4v) is 0. The minimum absolute atomic E-state index is 0. The summed E-state index contributed by atoms with van der Waals surface area (Å²) in [6, 6.07) is 0. The molecule has 0 saturated carbocycles. The first-order chi connectivity index (χ1) is 4.00. The molecular formula is C4H9CaNO4. The van der Waals surface area contributed by atoms with Crippen molar-refractivity contribution in [3.8, 4) is 0 Å². The fraction of sp³-hybridized carbons (Fsp3) is 0. The molecule has 0 heterocycles. The van der Waals surface area contributed by atoms with Gasteiger partial charge >= 0.3 is 43.9 Å². The van der Waals surface area contributed by atoms with Gasteiger partial charge in [0.2, 0.25) is 5.91 Å². The van der Waals surface area contributed by atoms with E-state index in [0.717, 1.165) is 6.08 Å². The van der Waals surface area contributed by atoms with Crippen molar-refractivity contribution in [3.63, 3.8) is 0 Å². The minimum Gasteiger partial charge on any atom is -1.00 e. The first kappa shape index (κ1) is 16.4. The Morgan fingerprint density at radius 1 is 1.50 bits per heavy atom. The summed E-state index contributed by atoms with van der Waals surface area (Å²) in [7, 11) is 0. The van der Waals surface area contributed by atoms with Crippen molar-refractivity contribution in [2.75, 3.05) is 0 Å². The van der Waals surface area contributed by atoms with Crippen LogP contribution in [0, 0.1) is 0 Å². The third-order valence-electron chi connectivity index (χ3n) is 0.201. The summed E-state index contributed by atoms with van der Waals surface area (Å²) in [5.41, 5.74) is 4.53. The molecule has 10 heavy (non-hydrogen) atoms. The Kier molecular flexibility index (Phi) is 18.9. The monoisotopic (exact) mass is 175 g/mol. The number of hydrogen-bond acceptors (Lipinski definition) is 2. The smallest absolute Gasteiger partial charge is 1.00 e. The van der Waals surface area contributed by atoms with Crippen LogP contribution in [-0.4, -0.2) is 60.0 Å². The van der Waals surface area contributed by atoms with Crippen LogP contribution in [0.2, 0.25) is 0 Å². The van der Waals surface area contributed by atoms with E-state index in [4.69, 9.17) is 15.0 Å².